The first kappa shape index (κ1) is 13.1. The minimum Gasteiger partial charge on any atom is -0.478 e. The number of hydrogen-bond donors (Lipinski definition) is 3. The largest absolute Gasteiger partial charge is 0.478 e. The highest BCUT2D eigenvalue weighted by molar-refractivity contribution is 7.14. The zero-order chi connectivity index (χ0) is 13.8. The third-order valence-corrected chi connectivity index (χ3v) is 3.17. The molecule has 0 aliphatic rings. The zero-order valence-corrected chi connectivity index (χ0v) is 10.9. The third-order valence-electron chi connectivity index (χ3n) is 2.34. The molecule has 2 rings (SSSR count). The molecule has 100 valence electrons. The number of thiophene rings is 1. The predicted molar refractivity (Wildman–Crippen MR) is 71.8 cm³/mol. The van der Waals surface area contributed by atoms with Crippen LogP contribution in [0.3, 0.4) is 0 Å². The predicted octanol–water partition coefficient (Wildman–Crippen LogP) is 2.31. The molecule has 8 heteroatoms. The van der Waals surface area contributed by atoms with Crippen molar-refractivity contribution < 1.29 is 14.7 Å². The molecule has 7 nitrogen and oxygen atoms in total. The smallest absolute Gasteiger partial charge is 0.338 e. The van der Waals surface area contributed by atoms with Crippen LogP contribution in [0.5, 0.6) is 0 Å². The lowest BCUT2D eigenvalue weighted by atomic mass is 10.3. The Bertz CT molecular complexity index is 605. The Morgan fingerprint density at radius 3 is 2.89 bits per heavy atom. The van der Waals surface area contributed by atoms with Gasteiger partial charge in [0.15, 0.2) is 0 Å². The van der Waals surface area contributed by atoms with Crippen LogP contribution in [0.15, 0.2) is 23.8 Å². The number of aromatic carboxylic acids is 1. The SMILES string of the molecule is CCn1cc(NC(=O)Nc2sccc2C(=O)O)cn1. The van der Waals surface area contributed by atoms with Gasteiger partial charge in [-0.25, -0.2) is 9.59 Å². The molecule has 2 aromatic heterocycles. The molecule has 0 aliphatic heterocycles. The first-order chi connectivity index (χ1) is 9.10. The zero-order valence-electron chi connectivity index (χ0n) is 10.1. The fourth-order valence-electron chi connectivity index (χ4n) is 1.44. The van der Waals surface area contributed by atoms with E-state index in [4.69, 9.17) is 5.11 Å². The highest BCUT2D eigenvalue weighted by Crippen LogP contribution is 2.23. The van der Waals surface area contributed by atoms with Crippen molar-refractivity contribution in [2.24, 2.45) is 0 Å². The average Bonchev–Trinajstić information content (AvgIpc) is 2.97. The molecule has 2 heterocycles. The molecule has 0 saturated carbocycles. The molecule has 0 unspecified atom stereocenters. The Morgan fingerprint density at radius 1 is 1.47 bits per heavy atom. The number of aryl methyl sites for hydroxylation is 1. The second-order valence-electron chi connectivity index (χ2n) is 3.63. The van der Waals surface area contributed by atoms with E-state index in [9.17, 15) is 9.59 Å². The van der Waals surface area contributed by atoms with E-state index in [-0.39, 0.29) is 5.56 Å². The first-order valence-electron chi connectivity index (χ1n) is 5.51. The Morgan fingerprint density at radius 2 is 2.26 bits per heavy atom. The van der Waals surface area contributed by atoms with Gasteiger partial charge in [-0.15, -0.1) is 11.3 Å². The summed E-state index contributed by atoms with van der Waals surface area (Å²) in [5.74, 6) is -1.07. The molecule has 0 fully saturated rings. The molecular formula is C11H12N4O3S. The van der Waals surface area contributed by atoms with Crippen LogP contribution in [0.25, 0.3) is 0 Å². The number of carboxylic acids is 1. The van der Waals surface area contributed by atoms with E-state index < -0.39 is 12.0 Å². The summed E-state index contributed by atoms with van der Waals surface area (Å²) >= 11 is 1.15. The van der Waals surface area contributed by atoms with Gasteiger partial charge in [0, 0.05) is 12.7 Å². The lowest BCUT2D eigenvalue weighted by Gasteiger charge is -2.04. The minimum atomic E-state index is -1.07. The number of amides is 2. The van der Waals surface area contributed by atoms with E-state index in [2.05, 4.69) is 15.7 Å². The van der Waals surface area contributed by atoms with Gasteiger partial charge in [-0.3, -0.25) is 10.00 Å². The monoisotopic (exact) mass is 280 g/mol. The Kier molecular flexibility index (Phi) is 3.81. The van der Waals surface area contributed by atoms with Gasteiger partial charge in [0.2, 0.25) is 0 Å². The summed E-state index contributed by atoms with van der Waals surface area (Å²) in [6.45, 7) is 2.64. The minimum absolute atomic E-state index is 0.0735. The van der Waals surface area contributed by atoms with Gasteiger partial charge in [-0.1, -0.05) is 0 Å². The molecule has 3 N–H and O–H groups in total. The molecule has 19 heavy (non-hydrogen) atoms. The fourth-order valence-corrected chi connectivity index (χ4v) is 2.22. The van der Waals surface area contributed by atoms with Crippen LogP contribution in [-0.4, -0.2) is 26.9 Å². The lowest BCUT2D eigenvalue weighted by Crippen LogP contribution is -2.19. The van der Waals surface area contributed by atoms with E-state index in [0.29, 0.717) is 17.2 Å². The number of aromatic nitrogens is 2. The number of urea groups is 1. The number of carbonyl (C=O) groups excluding carboxylic acids is 1. The van der Waals surface area contributed by atoms with Crippen molar-refractivity contribution in [3.05, 3.63) is 29.4 Å². The van der Waals surface area contributed by atoms with Crippen LogP contribution >= 0.6 is 11.3 Å². The maximum Gasteiger partial charge on any atom is 0.338 e. The summed E-state index contributed by atoms with van der Waals surface area (Å²) in [5, 5.41) is 19.9. The van der Waals surface area contributed by atoms with Crippen molar-refractivity contribution in [2.45, 2.75) is 13.5 Å². The van der Waals surface area contributed by atoms with Gasteiger partial charge >= 0.3 is 12.0 Å². The number of carboxylic acid groups (broad SMARTS) is 1. The summed E-state index contributed by atoms with van der Waals surface area (Å²) < 4.78 is 1.67. The van der Waals surface area contributed by atoms with Crippen LogP contribution in [-0.2, 0) is 6.54 Å². The second-order valence-corrected chi connectivity index (χ2v) is 4.55. The van der Waals surface area contributed by atoms with Gasteiger partial charge in [0.1, 0.15) is 5.00 Å². The van der Waals surface area contributed by atoms with Crippen molar-refractivity contribution in [3.8, 4) is 0 Å². The summed E-state index contributed by atoms with van der Waals surface area (Å²) in [6.07, 6.45) is 3.21. The Labute approximate surface area is 112 Å². The van der Waals surface area contributed by atoms with Gasteiger partial charge in [-0.05, 0) is 18.4 Å². The summed E-state index contributed by atoms with van der Waals surface area (Å²) in [4.78, 5) is 22.6. The van der Waals surface area contributed by atoms with Crippen LogP contribution in [0.4, 0.5) is 15.5 Å². The average molecular weight is 280 g/mol. The van der Waals surface area contributed by atoms with Crippen molar-refractivity contribution >= 4 is 34.0 Å². The molecule has 2 amide bonds. The van der Waals surface area contributed by atoms with E-state index >= 15 is 0 Å². The Hall–Kier alpha value is -2.35. The third kappa shape index (κ3) is 3.10. The number of hydrogen-bond acceptors (Lipinski definition) is 4. The van der Waals surface area contributed by atoms with Crippen molar-refractivity contribution in [2.75, 3.05) is 10.6 Å². The summed E-state index contributed by atoms with van der Waals surface area (Å²) in [6, 6.07) is 0.943. The summed E-state index contributed by atoms with van der Waals surface area (Å²) in [5.41, 5.74) is 0.622. The number of rotatable bonds is 4. The van der Waals surface area contributed by atoms with Crippen LogP contribution in [0.2, 0.25) is 0 Å². The van der Waals surface area contributed by atoms with Crippen molar-refractivity contribution in [3.63, 3.8) is 0 Å². The quantitative estimate of drug-likeness (QED) is 0.800. The molecule has 0 atom stereocenters. The van der Waals surface area contributed by atoms with E-state index in [1.807, 2.05) is 6.92 Å². The van der Waals surface area contributed by atoms with Gasteiger partial charge in [0.25, 0.3) is 0 Å². The van der Waals surface area contributed by atoms with Crippen molar-refractivity contribution in [1.82, 2.24) is 9.78 Å². The molecule has 0 aliphatic carbocycles. The standard InChI is InChI=1S/C11H12N4O3S/c1-2-15-6-7(5-12-15)13-11(18)14-9-8(10(16)17)3-4-19-9/h3-6H,2H2,1H3,(H,16,17)(H2,13,14,18). The normalized spacial score (nSPS) is 10.2. The lowest BCUT2D eigenvalue weighted by molar-refractivity contribution is 0.0698. The number of anilines is 2. The molecule has 2 aromatic rings. The molecule has 0 bridgehead atoms. The van der Waals surface area contributed by atoms with Crippen molar-refractivity contribution in [1.29, 1.82) is 0 Å². The van der Waals surface area contributed by atoms with Gasteiger partial charge in [0.05, 0.1) is 17.4 Å². The van der Waals surface area contributed by atoms with Gasteiger partial charge < -0.3 is 10.4 Å². The van der Waals surface area contributed by atoms with E-state index in [1.165, 1.54) is 12.3 Å². The second kappa shape index (κ2) is 5.53. The molecular weight excluding hydrogens is 268 g/mol. The Balaban J connectivity index is 2.01. The van der Waals surface area contributed by atoms with Crippen LogP contribution in [0, 0.1) is 0 Å². The number of carbonyl (C=O) groups is 2. The van der Waals surface area contributed by atoms with E-state index in [1.54, 1.807) is 16.3 Å². The summed E-state index contributed by atoms with van der Waals surface area (Å²) in [7, 11) is 0. The highest BCUT2D eigenvalue weighted by atomic mass is 32.1. The molecule has 0 radical (unpaired) electrons. The highest BCUT2D eigenvalue weighted by Gasteiger charge is 2.14. The maximum atomic E-state index is 11.7. The molecule has 0 aromatic carbocycles. The number of nitrogens with one attached hydrogen (secondary N) is 2. The number of nitrogens with zero attached hydrogens (tertiary/aromatic N) is 2. The maximum absolute atomic E-state index is 11.7. The molecule has 0 saturated heterocycles. The topological polar surface area (TPSA) is 96.2 Å². The van der Waals surface area contributed by atoms with Crippen LogP contribution in [0.1, 0.15) is 17.3 Å². The van der Waals surface area contributed by atoms with Gasteiger partial charge in [-0.2, -0.15) is 5.10 Å². The van der Waals surface area contributed by atoms with E-state index in [0.717, 1.165) is 11.3 Å². The first-order valence-corrected chi connectivity index (χ1v) is 6.39. The van der Waals surface area contributed by atoms with Crippen LogP contribution < -0.4 is 10.6 Å². The fraction of sp³-hybridized carbons (Fsp3) is 0.182. The molecule has 0 spiro atoms.